The van der Waals surface area contributed by atoms with Gasteiger partial charge in [0.15, 0.2) is 0 Å². The molecule has 1 aliphatic rings. The maximum Gasteiger partial charge on any atom is 0.123 e. The van der Waals surface area contributed by atoms with Crippen LogP contribution in [-0.4, -0.2) is 24.4 Å². The van der Waals surface area contributed by atoms with Crippen molar-refractivity contribution in [3.8, 4) is 5.75 Å². The van der Waals surface area contributed by atoms with Crippen LogP contribution in [0.3, 0.4) is 0 Å². The van der Waals surface area contributed by atoms with E-state index in [0.29, 0.717) is 19.2 Å². The van der Waals surface area contributed by atoms with Gasteiger partial charge in [0.1, 0.15) is 18.5 Å². The average Bonchev–Trinajstić information content (AvgIpc) is 2.64. The maximum absolute atomic E-state index is 10.4. The third kappa shape index (κ3) is 4.66. The summed E-state index contributed by atoms with van der Waals surface area (Å²) in [6.07, 6.45) is 2.94. The predicted molar refractivity (Wildman–Crippen MR) is 107 cm³/mol. The lowest BCUT2D eigenvalue weighted by molar-refractivity contribution is 0.102. The van der Waals surface area contributed by atoms with Gasteiger partial charge in [-0.05, 0) is 47.4 Å². The van der Waals surface area contributed by atoms with E-state index in [4.69, 9.17) is 4.74 Å². The second-order valence-corrected chi connectivity index (χ2v) is 8.26. The van der Waals surface area contributed by atoms with Crippen LogP contribution in [0.5, 0.6) is 5.75 Å². The standard InChI is InChI=1S/C23H31NO2/c1-23(2,3)20-12-6-7-14-22(20)26-16-18(25)15-24-21-13-8-10-17-9-4-5-11-19(17)21/h4-7,9,11-12,14,18,21,24-25H,8,10,13,15-16H2,1-3H3/t18-,21-/m0/s1. The number of para-hydroxylation sites is 1. The fraction of sp³-hybridized carbons (Fsp3) is 0.478. The minimum absolute atomic E-state index is 0.0194. The second kappa shape index (κ2) is 8.24. The Bertz CT molecular complexity index is 720. The molecule has 140 valence electrons. The van der Waals surface area contributed by atoms with Crippen molar-refractivity contribution in [2.24, 2.45) is 0 Å². The Kier molecular flexibility index (Phi) is 6.00. The number of rotatable bonds is 6. The predicted octanol–water partition coefficient (Wildman–Crippen LogP) is 4.39. The minimum Gasteiger partial charge on any atom is -0.491 e. The summed E-state index contributed by atoms with van der Waals surface area (Å²) in [7, 11) is 0. The highest BCUT2D eigenvalue weighted by Crippen LogP contribution is 2.31. The molecule has 0 bridgehead atoms. The van der Waals surface area contributed by atoms with Crippen LogP contribution in [-0.2, 0) is 11.8 Å². The van der Waals surface area contributed by atoms with Crippen LogP contribution in [0.4, 0.5) is 0 Å². The first-order chi connectivity index (χ1) is 12.4. The van der Waals surface area contributed by atoms with Crippen molar-refractivity contribution < 1.29 is 9.84 Å². The molecule has 0 unspecified atom stereocenters. The lowest BCUT2D eigenvalue weighted by atomic mass is 9.86. The molecule has 3 nitrogen and oxygen atoms in total. The van der Waals surface area contributed by atoms with Crippen molar-refractivity contribution in [1.29, 1.82) is 0 Å². The van der Waals surface area contributed by atoms with Gasteiger partial charge >= 0.3 is 0 Å². The molecule has 3 heteroatoms. The third-order valence-corrected chi connectivity index (χ3v) is 5.10. The van der Waals surface area contributed by atoms with Crippen LogP contribution in [0, 0.1) is 0 Å². The molecule has 0 spiro atoms. The highest BCUT2D eigenvalue weighted by Gasteiger charge is 2.21. The Labute approximate surface area is 157 Å². The number of nitrogens with one attached hydrogen (secondary N) is 1. The van der Waals surface area contributed by atoms with Gasteiger partial charge < -0.3 is 15.2 Å². The number of aryl methyl sites for hydroxylation is 1. The summed E-state index contributed by atoms with van der Waals surface area (Å²) in [5, 5.41) is 13.9. The van der Waals surface area contributed by atoms with Crippen LogP contribution in [0.2, 0.25) is 0 Å². The van der Waals surface area contributed by atoms with E-state index in [-0.39, 0.29) is 5.41 Å². The van der Waals surface area contributed by atoms with Gasteiger partial charge in [0, 0.05) is 12.6 Å². The van der Waals surface area contributed by atoms with Gasteiger partial charge in [0.05, 0.1) is 0 Å². The van der Waals surface area contributed by atoms with Gasteiger partial charge in [-0.2, -0.15) is 0 Å². The molecule has 2 atom stereocenters. The quantitative estimate of drug-likeness (QED) is 0.809. The van der Waals surface area contributed by atoms with E-state index in [2.05, 4.69) is 56.4 Å². The third-order valence-electron chi connectivity index (χ3n) is 5.10. The fourth-order valence-corrected chi connectivity index (χ4v) is 3.70. The zero-order valence-electron chi connectivity index (χ0n) is 16.2. The summed E-state index contributed by atoms with van der Waals surface area (Å²) in [6, 6.07) is 17.0. The first-order valence-corrected chi connectivity index (χ1v) is 9.66. The minimum atomic E-state index is -0.530. The summed E-state index contributed by atoms with van der Waals surface area (Å²) < 4.78 is 5.94. The summed E-state index contributed by atoms with van der Waals surface area (Å²) in [5.74, 6) is 0.863. The SMILES string of the molecule is CC(C)(C)c1ccccc1OC[C@@H](O)CN[C@H]1CCCc2ccccc21. The Morgan fingerprint density at radius 1 is 1.12 bits per heavy atom. The molecular formula is C23H31NO2. The lowest BCUT2D eigenvalue weighted by Crippen LogP contribution is -2.35. The number of ether oxygens (including phenoxy) is 1. The molecule has 0 aromatic heterocycles. The smallest absolute Gasteiger partial charge is 0.123 e. The van der Waals surface area contributed by atoms with Gasteiger partial charge in [-0.1, -0.05) is 63.2 Å². The van der Waals surface area contributed by atoms with Gasteiger partial charge in [-0.15, -0.1) is 0 Å². The summed E-state index contributed by atoms with van der Waals surface area (Å²) in [5.41, 5.74) is 4.00. The van der Waals surface area contributed by atoms with E-state index in [1.807, 2.05) is 18.2 Å². The molecule has 26 heavy (non-hydrogen) atoms. The highest BCUT2D eigenvalue weighted by atomic mass is 16.5. The molecule has 2 N–H and O–H groups in total. The van der Waals surface area contributed by atoms with E-state index in [9.17, 15) is 5.11 Å². The first-order valence-electron chi connectivity index (χ1n) is 9.66. The van der Waals surface area contributed by atoms with Crippen LogP contribution in [0.15, 0.2) is 48.5 Å². The molecule has 0 aliphatic heterocycles. The zero-order chi connectivity index (χ0) is 18.6. The maximum atomic E-state index is 10.4. The molecule has 0 saturated heterocycles. The summed E-state index contributed by atoms with van der Waals surface area (Å²) in [6.45, 7) is 7.36. The summed E-state index contributed by atoms with van der Waals surface area (Å²) in [4.78, 5) is 0. The fourth-order valence-electron chi connectivity index (χ4n) is 3.70. The van der Waals surface area contributed by atoms with Crippen molar-refractivity contribution in [3.05, 3.63) is 65.2 Å². The largest absolute Gasteiger partial charge is 0.491 e. The molecule has 0 amide bonds. The van der Waals surface area contributed by atoms with Crippen LogP contribution >= 0.6 is 0 Å². The Balaban J connectivity index is 1.54. The van der Waals surface area contributed by atoms with Gasteiger partial charge in [0.2, 0.25) is 0 Å². The second-order valence-electron chi connectivity index (χ2n) is 8.26. The monoisotopic (exact) mass is 353 g/mol. The summed E-state index contributed by atoms with van der Waals surface area (Å²) >= 11 is 0. The van der Waals surface area contributed by atoms with E-state index in [1.54, 1.807) is 0 Å². The van der Waals surface area contributed by atoms with Gasteiger partial charge in [-0.3, -0.25) is 0 Å². The number of benzene rings is 2. The molecule has 3 rings (SSSR count). The number of hydrogen-bond acceptors (Lipinski definition) is 3. The normalized spacial score (nSPS) is 18.2. The van der Waals surface area contributed by atoms with E-state index >= 15 is 0 Å². The van der Waals surface area contributed by atoms with Crippen LogP contribution < -0.4 is 10.1 Å². The Morgan fingerprint density at radius 3 is 2.65 bits per heavy atom. The molecular weight excluding hydrogens is 322 g/mol. The number of hydrogen-bond donors (Lipinski definition) is 2. The molecule has 2 aromatic rings. The number of fused-ring (bicyclic) bond motifs is 1. The zero-order valence-corrected chi connectivity index (χ0v) is 16.2. The molecule has 0 heterocycles. The number of aliphatic hydroxyl groups is 1. The lowest BCUT2D eigenvalue weighted by Gasteiger charge is -2.28. The van der Waals surface area contributed by atoms with E-state index < -0.39 is 6.10 Å². The molecule has 0 saturated carbocycles. The number of aliphatic hydroxyl groups excluding tert-OH is 1. The van der Waals surface area contributed by atoms with Crippen molar-refractivity contribution in [2.45, 2.75) is 57.6 Å². The molecule has 1 aliphatic carbocycles. The van der Waals surface area contributed by atoms with Crippen molar-refractivity contribution in [1.82, 2.24) is 5.32 Å². The average molecular weight is 354 g/mol. The van der Waals surface area contributed by atoms with Crippen LogP contribution in [0.1, 0.15) is 56.3 Å². The van der Waals surface area contributed by atoms with E-state index in [0.717, 1.165) is 18.6 Å². The first kappa shape index (κ1) is 18.9. The highest BCUT2D eigenvalue weighted by molar-refractivity contribution is 5.38. The Morgan fingerprint density at radius 2 is 1.85 bits per heavy atom. The van der Waals surface area contributed by atoms with Crippen LogP contribution in [0.25, 0.3) is 0 Å². The molecule has 0 radical (unpaired) electrons. The Hall–Kier alpha value is -1.84. The molecule has 0 fully saturated rings. The van der Waals surface area contributed by atoms with E-state index in [1.165, 1.54) is 23.1 Å². The van der Waals surface area contributed by atoms with Crippen molar-refractivity contribution in [2.75, 3.05) is 13.2 Å². The van der Waals surface area contributed by atoms with Crippen molar-refractivity contribution in [3.63, 3.8) is 0 Å². The van der Waals surface area contributed by atoms with Gasteiger partial charge in [0.25, 0.3) is 0 Å². The van der Waals surface area contributed by atoms with Crippen molar-refractivity contribution >= 4 is 0 Å². The topological polar surface area (TPSA) is 41.5 Å². The molecule has 2 aromatic carbocycles. The van der Waals surface area contributed by atoms with Gasteiger partial charge in [-0.25, -0.2) is 0 Å².